The molecule has 12 heavy (non-hydrogen) atoms. The smallest absolute Gasteiger partial charge is 0.127 e. The molecule has 0 aromatic heterocycles. The van der Waals surface area contributed by atoms with Crippen LogP contribution in [-0.2, 0) is 13.0 Å². The van der Waals surface area contributed by atoms with Gasteiger partial charge in [0.25, 0.3) is 0 Å². The Morgan fingerprint density at radius 1 is 1.50 bits per heavy atom. The van der Waals surface area contributed by atoms with Crippen LogP contribution >= 0.6 is 0 Å². The Balaban J connectivity index is 3.01. The Morgan fingerprint density at radius 2 is 2.25 bits per heavy atom. The maximum absolute atomic E-state index is 12.9. The second-order valence-electron chi connectivity index (χ2n) is 2.42. The molecule has 2 nitrogen and oxygen atoms in total. The number of aliphatic hydroxyl groups excluding tert-OH is 1. The SMILES string of the molecule is N#CCc1cc(CO)ccc1F. The Bertz CT molecular complexity index is 317. The largest absolute Gasteiger partial charge is 0.392 e. The lowest BCUT2D eigenvalue weighted by atomic mass is 10.1. The molecule has 0 bridgehead atoms. The van der Waals surface area contributed by atoms with Gasteiger partial charge >= 0.3 is 0 Å². The van der Waals surface area contributed by atoms with Crippen molar-refractivity contribution < 1.29 is 9.50 Å². The Morgan fingerprint density at radius 3 is 2.83 bits per heavy atom. The number of rotatable bonds is 2. The molecule has 1 aromatic rings. The first-order chi connectivity index (χ1) is 5.77. The normalized spacial score (nSPS) is 9.42. The van der Waals surface area contributed by atoms with Crippen molar-refractivity contribution in [2.75, 3.05) is 0 Å². The lowest BCUT2D eigenvalue weighted by molar-refractivity contribution is 0.281. The number of halogens is 1. The van der Waals surface area contributed by atoms with Crippen molar-refractivity contribution in [3.63, 3.8) is 0 Å². The van der Waals surface area contributed by atoms with Gasteiger partial charge in [0, 0.05) is 5.56 Å². The van der Waals surface area contributed by atoms with E-state index in [1.54, 1.807) is 0 Å². The van der Waals surface area contributed by atoms with Gasteiger partial charge in [-0.3, -0.25) is 0 Å². The number of aliphatic hydroxyl groups is 1. The molecule has 1 rings (SSSR count). The average molecular weight is 165 g/mol. The average Bonchev–Trinajstić information content (AvgIpc) is 2.09. The van der Waals surface area contributed by atoms with Crippen molar-refractivity contribution >= 4 is 0 Å². The van der Waals surface area contributed by atoms with Crippen molar-refractivity contribution in [2.45, 2.75) is 13.0 Å². The minimum Gasteiger partial charge on any atom is -0.392 e. The van der Waals surface area contributed by atoms with Crippen LogP contribution in [0.2, 0.25) is 0 Å². The maximum atomic E-state index is 12.9. The Kier molecular flexibility index (Phi) is 2.78. The standard InChI is InChI=1S/C9H8FNO/c10-9-2-1-7(6-12)5-8(9)3-4-11/h1-2,5,12H,3,6H2. The minimum atomic E-state index is -0.395. The molecular weight excluding hydrogens is 157 g/mol. The Hall–Kier alpha value is -1.40. The third-order valence-corrected chi connectivity index (χ3v) is 1.56. The number of hydrogen-bond acceptors (Lipinski definition) is 2. The molecule has 1 N–H and O–H groups in total. The van der Waals surface area contributed by atoms with E-state index in [4.69, 9.17) is 10.4 Å². The molecule has 0 saturated heterocycles. The quantitative estimate of drug-likeness (QED) is 0.719. The van der Waals surface area contributed by atoms with E-state index in [1.807, 2.05) is 6.07 Å². The number of benzene rings is 1. The topological polar surface area (TPSA) is 44.0 Å². The van der Waals surface area contributed by atoms with Gasteiger partial charge in [-0.1, -0.05) is 6.07 Å². The molecule has 0 spiro atoms. The van der Waals surface area contributed by atoms with E-state index in [9.17, 15) is 4.39 Å². The van der Waals surface area contributed by atoms with Crippen molar-refractivity contribution in [1.82, 2.24) is 0 Å². The lowest BCUT2D eigenvalue weighted by Gasteiger charge is -2.00. The molecule has 3 heteroatoms. The van der Waals surface area contributed by atoms with Crippen LogP contribution in [0.1, 0.15) is 11.1 Å². The molecule has 0 atom stereocenters. The highest BCUT2D eigenvalue weighted by atomic mass is 19.1. The van der Waals surface area contributed by atoms with Crippen molar-refractivity contribution in [1.29, 1.82) is 5.26 Å². The highest BCUT2D eigenvalue weighted by Gasteiger charge is 2.01. The summed E-state index contributed by atoms with van der Waals surface area (Å²) < 4.78 is 12.9. The predicted molar refractivity (Wildman–Crippen MR) is 41.6 cm³/mol. The third kappa shape index (κ3) is 1.80. The summed E-state index contributed by atoms with van der Waals surface area (Å²) in [6.07, 6.45) is 0.0413. The van der Waals surface area contributed by atoms with Gasteiger partial charge in [-0.2, -0.15) is 5.26 Å². The van der Waals surface area contributed by atoms with Gasteiger partial charge in [0.2, 0.25) is 0 Å². The summed E-state index contributed by atoms with van der Waals surface area (Å²) in [5.41, 5.74) is 0.964. The van der Waals surface area contributed by atoms with E-state index in [0.29, 0.717) is 11.1 Å². The molecular formula is C9H8FNO. The van der Waals surface area contributed by atoms with E-state index >= 15 is 0 Å². The maximum Gasteiger partial charge on any atom is 0.127 e. The second-order valence-corrected chi connectivity index (χ2v) is 2.42. The summed E-state index contributed by atoms with van der Waals surface area (Å²) in [5, 5.41) is 17.0. The van der Waals surface area contributed by atoms with Crippen LogP contribution in [0, 0.1) is 17.1 Å². The van der Waals surface area contributed by atoms with Crippen LogP contribution in [0.5, 0.6) is 0 Å². The lowest BCUT2D eigenvalue weighted by Crippen LogP contribution is -1.91. The molecule has 62 valence electrons. The molecule has 0 unspecified atom stereocenters. The summed E-state index contributed by atoms with van der Waals surface area (Å²) in [7, 11) is 0. The molecule has 0 amide bonds. The molecule has 0 heterocycles. The molecule has 0 aliphatic carbocycles. The van der Waals surface area contributed by atoms with Gasteiger partial charge in [-0.15, -0.1) is 0 Å². The summed E-state index contributed by atoms with van der Waals surface area (Å²) in [6, 6.07) is 6.11. The first kappa shape index (κ1) is 8.69. The number of nitriles is 1. The van der Waals surface area contributed by atoms with E-state index in [2.05, 4.69) is 0 Å². The zero-order valence-electron chi connectivity index (χ0n) is 6.42. The minimum absolute atomic E-state index is 0.0413. The van der Waals surface area contributed by atoms with E-state index in [-0.39, 0.29) is 13.0 Å². The van der Waals surface area contributed by atoms with Gasteiger partial charge in [-0.05, 0) is 17.7 Å². The van der Waals surface area contributed by atoms with Crippen molar-refractivity contribution in [2.24, 2.45) is 0 Å². The predicted octanol–water partition coefficient (Wildman–Crippen LogP) is 1.38. The fourth-order valence-electron chi connectivity index (χ4n) is 0.947. The van der Waals surface area contributed by atoms with E-state index in [1.165, 1.54) is 18.2 Å². The van der Waals surface area contributed by atoms with Gasteiger partial charge in [-0.25, -0.2) is 4.39 Å². The second kappa shape index (κ2) is 3.84. The highest BCUT2D eigenvalue weighted by Crippen LogP contribution is 2.10. The summed E-state index contributed by atoms with van der Waals surface area (Å²) in [5.74, 6) is -0.395. The van der Waals surface area contributed by atoms with Crippen LogP contribution in [0.25, 0.3) is 0 Å². The zero-order valence-corrected chi connectivity index (χ0v) is 6.42. The molecule has 0 fully saturated rings. The van der Waals surface area contributed by atoms with Gasteiger partial charge in [0.15, 0.2) is 0 Å². The fourth-order valence-corrected chi connectivity index (χ4v) is 0.947. The molecule has 0 aliphatic rings. The van der Waals surface area contributed by atoms with Crippen LogP contribution in [0.3, 0.4) is 0 Å². The summed E-state index contributed by atoms with van der Waals surface area (Å²) in [6.45, 7) is -0.126. The number of nitrogens with zero attached hydrogens (tertiary/aromatic N) is 1. The van der Waals surface area contributed by atoms with Gasteiger partial charge in [0.05, 0.1) is 19.1 Å². The molecule has 0 radical (unpaired) electrons. The van der Waals surface area contributed by atoms with Crippen LogP contribution in [-0.4, -0.2) is 5.11 Å². The summed E-state index contributed by atoms with van der Waals surface area (Å²) in [4.78, 5) is 0. The Labute approximate surface area is 69.9 Å². The van der Waals surface area contributed by atoms with Gasteiger partial charge < -0.3 is 5.11 Å². The monoisotopic (exact) mass is 165 g/mol. The van der Waals surface area contributed by atoms with Crippen molar-refractivity contribution in [3.05, 3.63) is 35.1 Å². The zero-order chi connectivity index (χ0) is 8.97. The van der Waals surface area contributed by atoms with Crippen molar-refractivity contribution in [3.8, 4) is 6.07 Å². The van der Waals surface area contributed by atoms with Crippen LogP contribution < -0.4 is 0 Å². The first-order valence-corrected chi connectivity index (χ1v) is 3.53. The fraction of sp³-hybridized carbons (Fsp3) is 0.222. The van der Waals surface area contributed by atoms with E-state index in [0.717, 1.165) is 0 Å². The number of hydrogen-bond donors (Lipinski definition) is 1. The molecule has 1 aromatic carbocycles. The molecule has 0 saturated carbocycles. The summed E-state index contributed by atoms with van der Waals surface area (Å²) >= 11 is 0. The molecule has 0 aliphatic heterocycles. The van der Waals surface area contributed by atoms with Gasteiger partial charge in [0.1, 0.15) is 5.82 Å². The van der Waals surface area contributed by atoms with Crippen LogP contribution in [0.4, 0.5) is 4.39 Å². The van der Waals surface area contributed by atoms with E-state index < -0.39 is 5.82 Å². The highest BCUT2D eigenvalue weighted by molar-refractivity contribution is 5.26. The van der Waals surface area contributed by atoms with Crippen LogP contribution in [0.15, 0.2) is 18.2 Å². The first-order valence-electron chi connectivity index (χ1n) is 3.53. The third-order valence-electron chi connectivity index (χ3n) is 1.56.